The topological polar surface area (TPSA) is 58.4 Å². The number of carbonyl (C=O) groups excluding carboxylic acids is 1. The Morgan fingerprint density at radius 3 is 2.55 bits per heavy atom. The lowest BCUT2D eigenvalue weighted by Gasteiger charge is -2.29. The number of benzene rings is 1. The first-order valence-electron chi connectivity index (χ1n) is 7.27. The van der Waals surface area contributed by atoms with Gasteiger partial charge in [0.15, 0.2) is 0 Å². The van der Waals surface area contributed by atoms with Crippen molar-refractivity contribution in [3.63, 3.8) is 0 Å². The van der Waals surface area contributed by atoms with Crippen LogP contribution in [0.1, 0.15) is 44.5 Å². The van der Waals surface area contributed by atoms with Gasteiger partial charge in [-0.15, -0.1) is 0 Å². The van der Waals surface area contributed by atoms with Crippen LogP contribution in [0.4, 0.5) is 11.4 Å². The van der Waals surface area contributed by atoms with E-state index in [4.69, 9.17) is 5.73 Å². The normalized spacial score (nSPS) is 12.3. The number of hydrogen-bond donors (Lipinski definition) is 2. The van der Waals surface area contributed by atoms with E-state index in [0.29, 0.717) is 29.8 Å². The van der Waals surface area contributed by atoms with Crippen molar-refractivity contribution in [3.8, 4) is 0 Å². The molecule has 1 aromatic rings. The third-order valence-corrected chi connectivity index (χ3v) is 3.48. The smallest absolute Gasteiger partial charge is 0.251 e. The summed E-state index contributed by atoms with van der Waals surface area (Å²) >= 11 is 0. The lowest BCUT2D eigenvalue weighted by molar-refractivity contribution is 0.0956. The van der Waals surface area contributed by atoms with Crippen LogP contribution in [0.5, 0.6) is 0 Å². The Morgan fingerprint density at radius 2 is 2.00 bits per heavy atom. The van der Waals surface area contributed by atoms with Gasteiger partial charge in [-0.1, -0.05) is 13.8 Å². The molecule has 0 aliphatic rings. The van der Waals surface area contributed by atoms with E-state index in [1.165, 1.54) is 0 Å². The number of carbonyl (C=O) groups is 1. The quantitative estimate of drug-likeness (QED) is 0.786. The minimum Gasteiger partial charge on any atom is -0.397 e. The molecule has 1 atom stereocenters. The molecule has 0 saturated carbocycles. The number of amides is 1. The molecule has 4 heteroatoms. The molecule has 3 N–H and O–H groups in total. The van der Waals surface area contributed by atoms with E-state index >= 15 is 0 Å². The van der Waals surface area contributed by atoms with Gasteiger partial charge >= 0.3 is 0 Å². The maximum atomic E-state index is 11.9. The van der Waals surface area contributed by atoms with E-state index in [0.717, 1.165) is 12.1 Å². The third kappa shape index (κ3) is 4.15. The second-order valence-corrected chi connectivity index (χ2v) is 5.72. The molecule has 0 spiro atoms. The fourth-order valence-corrected chi connectivity index (χ4v) is 2.33. The van der Waals surface area contributed by atoms with E-state index in [2.05, 4.69) is 31.0 Å². The predicted molar refractivity (Wildman–Crippen MR) is 86.2 cm³/mol. The Balaban J connectivity index is 2.98. The Morgan fingerprint density at radius 1 is 1.35 bits per heavy atom. The molecule has 0 saturated heterocycles. The highest BCUT2D eigenvalue weighted by Gasteiger charge is 2.16. The van der Waals surface area contributed by atoms with Gasteiger partial charge in [-0.2, -0.15) is 0 Å². The molecular formula is C16H27N3O. The molecule has 0 heterocycles. The summed E-state index contributed by atoms with van der Waals surface area (Å²) in [5.74, 6) is 0.568. The van der Waals surface area contributed by atoms with Crippen molar-refractivity contribution in [1.29, 1.82) is 0 Å². The molecule has 112 valence electrons. The van der Waals surface area contributed by atoms with Crippen LogP contribution in [-0.2, 0) is 0 Å². The molecule has 0 aromatic heterocycles. The average Bonchev–Trinajstić information content (AvgIpc) is 2.37. The molecule has 0 aliphatic heterocycles. The molecule has 0 radical (unpaired) electrons. The lowest BCUT2D eigenvalue weighted by atomic mass is 10.0. The van der Waals surface area contributed by atoms with Crippen molar-refractivity contribution in [2.45, 2.75) is 40.2 Å². The number of rotatable bonds is 6. The van der Waals surface area contributed by atoms with Crippen LogP contribution < -0.4 is 16.0 Å². The Hall–Kier alpha value is -1.71. The van der Waals surface area contributed by atoms with E-state index in [-0.39, 0.29) is 5.91 Å². The lowest BCUT2D eigenvalue weighted by Crippen LogP contribution is -2.31. The van der Waals surface area contributed by atoms with Crippen molar-refractivity contribution in [2.75, 3.05) is 24.2 Å². The number of nitrogens with two attached hydrogens (primary N) is 1. The Bertz CT molecular complexity index is 457. The highest BCUT2D eigenvalue weighted by atomic mass is 16.1. The number of hydrogen-bond acceptors (Lipinski definition) is 3. The summed E-state index contributed by atoms with van der Waals surface area (Å²) in [7, 11) is 2.03. The first kappa shape index (κ1) is 16.3. The maximum Gasteiger partial charge on any atom is 0.251 e. The van der Waals surface area contributed by atoms with Gasteiger partial charge in [-0.05, 0) is 44.4 Å². The predicted octanol–water partition coefficient (Wildman–Crippen LogP) is 2.89. The number of nitrogen functional groups attached to an aromatic ring is 1. The van der Waals surface area contributed by atoms with E-state index in [9.17, 15) is 4.79 Å². The maximum absolute atomic E-state index is 11.9. The third-order valence-electron chi connectivity index (χ3n) is 3.48. The molecule has 0 fully saturated rings. The van der Waals surface area contributed by atoms with E-state index in [1.807, 2.05) is 20.0 Å². The number of nitrogens with one attached hydrogen (secondary N) is 1. The first-order valence-corrected chi connectivity index (χ1v) is 7.27. The summed E-state index contributed by atoms with van der Waals surface area (Å²) in [6.07, 6.45) is 1.08. The summed E-state index contributed by atoms with van der Waals surface area (Å²) in [6.45, 7) is 9.13. The molecular weight excluding hydrogens is 250 g/mol. The fraction of sp³-hybridized carbons (Fsp3) is 0.562. The van der Waals surface area contributed by atoms with Crippen molar-refractivity contribution in [2.24, 2.45) is 5.92 Å². The van der Waals surface area contributed by atoms with Gasteiger partial charge in [0.1, 0.15) is 0 Å². The molecule has 4 nitrogen and oxygen atoms in total. The zero-order chi connectivity index (χ0) is 15.3. The SMILES string of the molecule is CCNC(=O)c1ccc(N)c(N(C)C(C)CC(C)C)c1. The molecule has 20 heavy (non-hydrogen) atoms. The van der Waals surface area contributed by atoms with Gasteiger partial charge in [0.2, 0.25) is 0 Å². The van der Waals surface area contributed by atoms with Crippen molar-refractivity contribution < 1.29 is 4.79 Å². The van der Waals surface area contributed by atoms with Crippen LogP contribution in [0.2, 0.25) is 0 Å². The summed E-state index contributed by atoms with van der Waals surface area (Å²) in [5.41, 5.74) is 8.34. The van der Waals surface area contributed by atoms with E-state index in [1.54, 1.807) is 12.1 Å². The van der Waals surface area contributed by atoms with Crippen LogP contribution >= 0.6 is 0 Å². The van der Waals surface area contributed by atoms with E-state index < -0.39 is 0 Å². The van der Waals surface area contributed by atoms with Crippen molar-refractivity contribution in [1.82, 2.24) is 5.32 Å². The van der Waals surface area contributed by atoms with Crippen molar-refractivity contribution in [3.05, 3.63) is 23.8 Å². The van der Waals surface area contributed by atoms with Gasteiger partial charge < -0.3 is 16.0 Å². The van der Waals surface area contributed by atoms with Crippen LogP contribution in [0.25, 0.3) is 0 Å². The summed E-state index contributed by atoms with van der Waals surface area (Å²) < 4.78 is 0. The number of anilines is 2. The minimum atomic E-state index is -0.0568. The molecule has 1 amide bonds. The van der Waals surface area contributed by atoms with Crippen LogP contribution in [0, 0.1) is 5.92 Å². The zero-order valence-electron chi connectivity index (χ0n) is 13.2. The monoisotopic (exact) mass is 277 g/mol. The van der Waals surface area contributed by atoms with Crippen LogP contribution in [0.15, 0.2) is 18.2 Å². The Kier molecular flexibility index (Phi) is 5.86. The van der Waals surface area contributed by atoms with Crippen LogP contribution in [-0.4, -0.2) is 25.5 Å². The first-order chi connectivity index (χ1) is 9.36. The summed E-state index contributed by atoms with van der Waals surface area (Å²) in [5, 5.41) is 2.81. The van der Waals surface area contributed by atoms with Crippen LogP contribution in [0.3, 0.4) is 0 Å². The highest BCUT2D eigenvalue weighted by Crippen LogP contribution is 2.27. The largest absolute Gasteiger partial charge is 0.397 e. The van der Waals surface area contributed by atoms with Gasteiger partial charge in [-0.3, -0.25) is 4.79 Å². The highest BCUT2D eigenvalue weighted by molar-refractivity contribution is 5.96. The Labute approximate surface area is 122 Å². The molecule has 0 aliphatic carbocycles. The van der Waals surface area contributed by atoms with Gasteiger partial charge in [0, 0.05) is 25.2 Å². The summed E-state index contributed by atoms with van der Waals surface area (Å²) in [6, 6.07) is 5.82. The second kappa shape index (κ2) is 7.17. The number of nitrogens with zero attached hydrogens (tertiary/aromatic N) is 1. The fourth-order valence-electron chi connectivity index (χ4n) is 2.33. The molecule has 1 unspecified atom stereocenters. The van der Waals surface area contributed by atoms with Crippen molar-refractivity contribution >= 4 is 17.3 Å². The van der Waals surface area contributed by atoms with Gasteiger partial charge in [0.25, 0.3) is 5.91 Å². The molecule has 0 bridgehead atoms. The molecule has 1 aromatic carbocycles. The van der Waals surface area contributed by atoms with Gasteiger partial charge in [-0.25, -0.2) is 0 Å². The average molecular weight is 277 g/mol. The standard InChI is InChI=1S/C16H27N3O/c1-6-18-16(20)13-7-8-14(17)15(10-13)19(5)12(4)9-11(2)3/h7-8,10-12H,6,9,17H2,1-5H3,(H,18,20). The molecule has 1 rings (SSSR count). The minimum absolute atomic E-state index is 0.0568. The van der Waals surface area contributed by atoms with Gasteiger partial charge in [0.05, 0.1) is 11.4 Å². The zero-order valence-corrected chi connectivity index (χ0v) is 13.2. The summed E-state index contributed by atoms with van der Waals surface area (Å²) in [4.78, 5) is 14.1. The second-order valence-electron chi connectivity index (χ2n) is 5.72.